The Morgan fingerprint density at radius 1 is 1.33 bits per heavy atom. The second-order valence-corrected chi connectivity index (χ2v) is 5.76. The van der Waals surface area contributed by atoms with Gasteiger partial charge in [-0.3, -0.25) is 4.79 Å². The highest BCUT2D eigenvalue weighted by Gasteiger charge is 2.08. The van der Waals surface area contributed by atoms with E-state index in [9.17, 15) is 4.79 Å². The van der Waals surface area contributed by atoms with Crippen molar-refractivity contribution in [2.24, 2.45) is 7.05 Å². The predicted octanol–water partition coefficient (Wildman–Crippen LogP) is 2.39. The summed E-state index contributed by atoms with van der Waals surface area (Å²) in [5, 5.41) is 3.62. The van der Waals surface area contributed by atoms with E-state index in [0.29, 0.717) is 5.82 Å². The summed E-state index contributed by atoms with van der Waals surface area (Å²) in [5.41, 5.74) is 2.49. The van der Waals surface area contributed by atoms with Gasteiger partial charge in [0.15, 0.2) is 0 Å². The van der Waals surface area contributed by atoms with Crippen LogP contribution in [0.15, 0.2) is 36.9 Å². The van der Waals surface area contributed by atoms with Crippen LogP contribution in [0.25, 0.3) is 22.3 Å². The first kappa shape index (κ1) is 16.1. The molecule has 7 nitrogen and oxygen atoms in total. The number of anilines is 1. The first-order valence-corrected chi connectivity index (χ1v) is 7.68. The van der Waals surface area contributed by atoms with Crippen LogP contribution in [0.3, 0.4) is 0 Å². The van der Waals surface area contributed by atoms with Gasteiger partial charge in [0.1, 0.15) is 12.4 Å². The van der Waals surface area contributed by atoms with Crippen molar-refractivity contribution in [3.63, 3.8) is 0 Å². The molecule has 0 saturated carbocycles. The maximum Gasteiger partial charge on any atom is 0.251 e. The molecule has 3 heterocycles. The summed E-state index contributed by atoms with van der Waals surface area (Å²) in [6.45, 7) is 3.76. The number of pyridine rings is 2. The summed E-state index contributed by atoms with van der Waals surface area (Å²) in [4.78, 5) is 24.8. The van der Waals surface area contributed by atoms with Crippen LogP contribution in [0.4, 0.5) is 5.82 Å². The number of hydrogen-bond acceptors (Lipinski definition) is 5. The van der Waals surface area contributed by atoms with Crippen LogP contribution >= 0.6 is 0 Å². The Hall–Kier alpha value is -2.80. The average molecular weight is 325 g/mol. The molecule has 0 spiro atoms. The number of nitrogens with one attached hydrogen (secondary N) is 1. The molecule has 7 heteroatoms. The quantitative estimate of drug-likeness (QED) is 0.779. The van der Waals surface area contributed by atoms with E-state index in [1.807, 2.05) is 37.6 Å². The van der Waals surface area contributed by atoms with Gasteiger partial charge in [0.25, 0.3) is 5.91 Å². The molecular weight excluding hydrogens is 306 g/mol. The molecule has 0 aromatic carbocycles. The second-order valence-electron chi connectivity index (χ2n) is 5.76. The molecule has 0 bridgehead atoms. The van der Waals surface area contributed by atoms with Crippen LogP contribution in [0.5, 0.6) is 0 Å². The van der Waals surface area contributed by atoms with Gasteiger partial charge >= 0.3 is 0 Å². The Morgan fingerprint density at radius 3 is 2.88 bits per heavy atom. The van der Waals surface area contributed by atoms with Gasteiger partial charge < -0.3 is 14.6 Å². The normalized spacial score (nSPS) is 11.2. The highest BCUT2D eigenvalue weighted by atomic mass is 16.5. The molecule has 124 valence electrons. The Kier molecular flexibility index (Phi) is 4.52. The molecule has 0 aliphatic heterocycles. The van der Waals surface area contributed by atoms with Crippen molar-refractivity contribution in [2.45, 2.75) is 20.0 Å². The fraction of sp³-hybridized carbons (Fsp3) is 0.294. The first-order chi connectivity index (χ1) is 11.5. The van der Waals surface area contributed by atoms with Crippen LogP contribution in [0.2, 0.25) is 0 Å². The van der Waals surface area contributed by atoms with Crippen molar-refractivity contribution in [2.75, 3.05) is 11.9 Å². The molecule has 0 unspecified atom stereocenters. The van der Waals surface area contributed by atoms with E-state index in [1.165, 1.54) is 0 Å². The Labute approximate surface area is 139 Å². The maximum atomic E-state index is 11.8. The molecule has 3 aromatic heterocycles. The van der Waals surface area contributed by atoms with Crippen LogP contribution in [0.1, 0.15) is 13.8 Å². The Morgan fingerprint density at radius 2 is 2.17 bits per heavy atom. The van der Waals surface area contributed by atoms with Crippen molar-refractivity contribution >= 4 is 22.6 Å². The molecular formula is C17H19N5O2. The van der Waals surface area contributed by atoms with Gasteiger partial charge in [-0.2, -0.15) is 0 Å². The van der Waals surface area contributed by atoms with Crippen molar-refractivity contribution in [3.05, 3.63) is 36.9 Å². The van der Waals surface area contributed by atoms with Crippen molar-refractivity contribution < 1.29 is 9.53 Å². The summed E-state index contributed by atoms with van der Waals surface area (Å²) in [6, 6.07) is 5.63. The smallest absolute Gasteiger partial charge is 0.251 e. The van der Waals surface area contributed by atoms with E-state index in [-0.39, 0.29) is 18.6 Å². The molecule has 3 rings (SSSR count). The molecule has 1 N–H and O–H groups in total. The van der Waals surface area contributed by atoms with Crippen LogP contribution in [-0.4, -0.2) is 38.1 Å². The lowest BCUT2D eigenvalue weighted by Crippen LogP contribution is -2.21. The Bertz CT molecular complexity index is 872. The second kappa shape index (κ2) is 6.76. The zero-order chi connectivity index (χ0) is 17.1. The van der Waals surface area contributed by atoms with Crippen molar-refractivity contribution in [3.8, 4) is 11.4 Å². The minimum Gasteiger partial charge on any atom is -0.369 e. The summed E-state index contributed by atoms with van der Waals surface area (Å²) < 4.78 is 7.18. The molecule has 0 aliphatic rings. The lowest BCUT2D eigenvalue weighted by molar-refractivity contribution is -0.121. The highest BCUT2D eigenvalue weighted by Crippen LogP contribution is 2.21. The fourth-order valence-corrected chi connectivity index (χ4v) is 2.25. The molecule has 0 saturated heterocycles. The van der Waals surface area contributed by atoms with E-state index in [2.05, 4.69) is 20.3 Å². The molecule has 0 fully saturated rings. The molecule has 1 amide bonds. The monoisotopic (exact) mass is 325 g/mol. The number of fused-ring (bicyclic) bond motifs is 1. The fourth-order valence-electron chi connectivity index (χ4n) is 2.25. The van der Waals surface area contributed by atoms with Gasteiger partial charge in [0.2, 0.25) is 0 Å². The zero-order valence-electron chi connectivity index (χ0n) is 13.9. The molecule has 0 atom stereocenters. The summed E-state index contributed by atoms with van der Waals surface area (Å²) in [5.74, 6) is 0.216. The number of ether oxygens (including phenoxy) is 1. The number of amides is 1. The van der Waals surface area contributed by atoms with E-state index in [1.54, 1.807) is 24.8 Å². The number of carbonyl (C=O) groups excluding carboxylic acids is 1. The number of hydrogen-bond donors (Lipinski definition) is 1. The van der Waals surface area contributed by atoms with E-state index in [4.69, 9.17) is 4.74 Å². The average Bonchev–Trinajstić information content (AvgIpc) is 2.98. The largest absolute Gasteiger partial charge is 0.369 e. The minimum atomic E-state index is -0.238. The summed E-state index contributed by atoms with van der Waals surface area (Å²) >= 11 is 0. The maximum absolute atomic E-state index is 11.8. The molecule has 0 radical (unpaired) electrons. The summed E-state index contributed by atoms with van der Waals surface area (Å²) in [6.07, 6.45) is 5.19. The number of rotatable bonds is 5. The first-order valence-electron chi connectivity index (χ1n) is 7.68. The number of aromatic nitrogens is 4. The lowest BCUT2D eigenvalue weighted by atomic mass is 10.2. The number of aryl methyl sites for hydroxylation is 1. The predicted molar refractivity (Wildman–Crippen MR) is 91.5 cm³/mol. The van der Waals surface area contributed by atoms with Gasteiger partial charge in [-0.15, -0.1) is 0 Å². The van der Waals surface area contributed by atoms with E-state index in [0.717, 1.165) is 22.3 Å². The van der Waals surface area contributed by atoms with E-state index >= 15 is 0 Å². The number of carbonyl (C=O) groups is 1. The van der Waals surface area contributed by atoms with Gasteiger partial charge in [0.05, 0.1) is 35.5 Å². The third-order valence-electron chi connectivity index (χ3n) is 3.47. The zero-order valence-corrected chi connectivity index (χ0v) is 13.9. The van der Waals surface area contributed by atoms with Gasteiger partial charge in [-0.1, -0.05) is 0 Å². The highest BCUT2D eigenvalue weighted by molar-refractivity contribution is 5.93. The van der Waals surface area contributed by atoms with Gasteiger partial charge in [-0.05, 0) is 26.0 Å². The SMILES string of the molecule is CC(C)OCC(=O)Nc1cc2nc(-c3cncn3C)ccc2cn1. The number of imidazole rings is 1. The minimum absolute atomic E-state index is 0.000127. The standard InChI is InChI=1S/C17H19N5O2/c1-11(2)24-9-17(23)21-16-6-14-12(7-19-16)4-5-13(20-14)15-8-18-10-22(15)3/h4-8,10-11H,9H2,1-3H3,(H,19,21,23). The topological polar surface area (TPSA) is 81.9 Å². The lowest BCUT2D eigenvalue weighted by Gasteiger charge is -2.09. The Balaban J connectivity index is 1.84. The van der Waals surface area contributed by atoms with Crippen LogP contribution in [0, 0.1) is 0 Å². The molecule has 24 heavy (non-hydrogen) atoms. The van der Waals surface area contributed by atoms with Crippen molar-refractivity contribution in [1.29, 1.82) is 0 Å². The van der Waals surface area contributed by atoms with Gasteiger partial charge in [-0.25, -0.2) is 15.0 Å². The molecule has 0 aliphatic carbocycles. The summed E-state index contributed by atoms with van der Waals surface area (Å²) in [7, 11) is 1.92. The third kappa shape index (κ3) is 3.57. The van der Waals surface area contributed by atoms with E-state index < -0.39 is 0 Å². The molecule has 3 aromatic rings. The van der Waals surface area contributed by atoms with Crippen molar-refractivity contribution in [1.82, 2.24) is 19.5 Å². The van der Waals surface area contributed by atoms with Gasteiger partial charge in [0, 0.05) is 24.7 Å². The van der Waals surface area contributed by atoms with Crippen LogP contribution < -0.4 is 5.32 Å². The van der Waals surface area contributed by atoms with Crippen LogP contribution in [-0.2, 0) is 16.6 Å². The number of nitrogens with zero attached hydrogens (tertiary/aromatic N) is 4. The third-order valence-corrected chi connectivity index (χ3v) is 3.47.